The molecule has 1 unspecified atom stereocenters. The highest BCUT2D eigenvalue weighted by molar-refractivity contribution is 7.91. The zero-order valence-corrected chi connectivity index (χ0v) is 20.3. The van der Waals surface area contributed by atoms with E-state index >= 15 is 4.39 Å². The van der Waals surface area contributed by atoms with Crippen LogP contribution in [0.2, 0.25) is 0 Å². The maximum atomic E-state index is 15.1. The Morgan fingerprint density at radius 3 is 2.51 bits per heavy atom. The number of aliphatic hydroxyl groups is 1. The van der Waals surface area contributed by atoms with Gasteiger partial charge in [-0.3, -0.25) is 4.98 Å². The molecule has 0 amide bonds. The van der Waals surface area contributed by atoms with Crippen LogP contribution in [0.15, 0.2) is 30.5 Å². The topological polar surface area (TPSA) is 108 Å². The van der Waals surface area contributed by atoms with Crippen molar-refractivity contribution in [2.45, 2.75) is 38.8 Å². The van der Waals surface area contributed by atoms with Crippen LogP contribution in [0.4, 0.5) is 24.7 Å². The number of aromatic nitrogens is 3. The number of aryl methyl sites for hydroxylation is 1. The Labute approximate surface area is 201 Å². The maximum Gasteiger partial charge on any atom is 0.301 e. The zero-order chi connectivity index (χ0) is 25.5. The molecule has 2 N–H and O–H groups in total. The Morgan fingerprint density at radius 1 is 1.17 bits per heavy atom. The van der Waals surface area contributed by atoms with E-state index < -0.39 is 39.3 Å². The second kappa shape index (κ2) is 9.23. The first-order chi connectivity index (χ1) is 16.4. The molecule has 4 rings (SSSR count). The number of hydrogen-bond acceptors (Lipinski definition) is 8. The lowest BCUT2D eigenvalue weighted by Crippen LogP contribution is -2.40. The molecule has 188 valence electrons. The van der Waals surface area contributed by atoms with Gasteiger partial charge in [-0.25, -0.2) is 12.8 Å². The van der Waals surface area contributed by atoms with Gasteiger partial charge in [0.15, 0.2) is 15.7 Å². The highest BCUT2D eigenvalue weighted by Gasteiger charge is 2.40. The minimum Gasteiger partial charge on any atom is -0.387 e. The molecule has 1 aliphatic rings. The number of anilines is 2. The van der Waals surface area contributed by atoms with Gasteiger partial charge in [0, 0.05) is 24.0 Å². The largest absolute Gasteiger partial charge is 0.387 e. The Morgan fingerprint density at radius 2 is 1.86 bits per heavy atom. The number of nitrogens with zero attached hydrogens (tertiary/aromatic N) is 4. The SMILES string of the molecule is Cc1nnc(N[C@H](C)c2cccc(C(F)(F)C(C)O)c2F)c2cc(N3CCS(=O)(=O)CC3)cnc12. The first kappa shape index (κ1) is 25.1. The van der Waals surface area contributed by atoms with Crippen molar-refractivity contribution in [3.63, 3.8) is 0 Å². The fraction of sp³-hybridized carbons (Fsp3) is 0.435. The van der Waals surface area contributed by atoms with E-state index in [1.54, 1.807) is 20.0 Å². The number of nitrogens with one attached hydrogen (secondary N) is 1. The van der Waals surface area contributed by atoms with E-state index in [9.17, 15) is 22.3 Å². The number of alkyl halides is 2. The van der Waals surface area contributed by atoms with Gasteiger partial charge in [-0.2, -0.15) is 13.9 Å². The molecule has 12 heteroatoms. The molecule has 1 fully saturated rings. The van der Waals surface area contributed by atoms with Gasteiger partial charge in [-0.05, 0) is 32.9 Å². The van der Waals surface area contributed by atoms with Crippen LogP contribution in [0.5, 0.6) is 0 Å². The quantitative estimate of drug-likeness (QED) is 0.521. The van der Waals surface area contributed by atoms with Gasteiger partial charge in [0.05, 0.1) is 46.2 Å². The Balaban J connectivity index is 1.68. The van der Waals surface area contributed by atoms with Crippen LogP contribution < -0.4 is 10.2 Å². The average Bonchev–Trinajstić information content (AvgIpc) is 2.80. The molecule has 1 aromatic carbocycles. The Hall–Kier alpha value is -2.99. The van der Waals surface area contributed by atoms with Gasteiger partial charge >= 0.3 is 5.92 Å². The Bertz CT molecular complexity index is 1350. The number of halogens is 3. The number of aliphatic hydroxyl groups excluding tert-OH is 1. The number of pyridine rings is 1. The van der Waals surface area contributed by atoms with Crippen molar-refractivity contribution < 1.29 is 26.7 Å². The third kappa shape index (κ3) is 4.90. The zero-order valence-electron chi connectivity index (χ0n) is 19.5. The van der Waals surface area contributed by atoms with Crippen LogP contribution in [0.25, 0.3) is 10.9 Å². The van der Waals surface area contributed by atoms with Crippen molar-refractivity contribution in [1.82, 2.24) is 15.2 Å². The van der Waals surface area contributed by atoms with E-state index in [0.717, 1.165) is 13.0 Å². The van der Waals surface area contributed by atoms with Gasteiger partial charge in [0.25, 0.3) is 0 Å². The van der Waals surface area contributed by atoms with E-state index in [1.807, 2.05) is 11.0 Å². The molecule has 0 radical (unpaired) electrons. The molecule has 1 saturated heterocycles. The van der Waals surface area contributed by atoms with Gasteiger partial charge < -0.3 is 15.3 Å². The summed E-state index contributed by atoms with van der Waals surface area (Å²) >= 11 is 0. The number of benzene rings is 1. The fourth-order valence-corrected chi connectivity index (χ4v) is 5.25. The smallest absolute Gasteiger partial charge is 0.301 e. The maximum absolute atomic E-state index is 15.1. The van der Waals surface area contributed by atoms with Crippen molar-refractivity contribution in [1.29, 1.82) is 0 Å². The minimum atomic E-state index is -3.75. The summed E-state index contributed by atoms with van der Waals surface area (Å²) in [6.07, 6.45) is -0.416. The number of hydrogen-bond donors (Lipinski definition) is 2. The van der Waals surface area contributed by atoms with E-state index in [2.05, 4.69) is 20.5 Å². The van der Waals surface area contributed by atoms with Crippen LogP contribution in [0, 0.1) is 12.7 Å². The molecule has 0 aliphatic carbocycles. The summed E-state index contributed by atoms with van der Waals surface area (Å²) < 4.78 is 67.4. The highest BCUT2D eigenvalue weighted by atomic mass is 32.2. The van der Waals surface area contributed by atoms with E-state index in [4.69, 9.17) is 0 Å². The molecule has 2 atom stereocenters. The van der Waals surface area contributed by atoms with Crippen LogP contribution in [-0.2, 0) is 15.8 Å². The summed E-state index contributed by atoms with van der Waals surface area (Å²) in [5.41, 5.74) is 0.917. The molecular formula is C23H26F3N5O3S. The summed E-state index contributed by atoms with van der Waals surface area (Å²) in [4.78, 5) is 6.40. The highest BCUT2D eigenvalue weighted by Crippen LogP contribution is 2.36. The predicted octanol–water partition coefficient (Wildman–Crippen LogP) is 3.35. The summed E-state index contributed by atoms with van der Waals surface area (Å²) in [6.45, 7) is 4.92. The summed E-state index contributed by atoms with van der Waals surface area (Å²) in [7, 11) is -3.05. The van der Waals surface area contributed by atoms with Crippen LogP contribution in [0.1, 0.15) is 36.7 Å². The number of rotatable bonds is 6. The van der Waals surface area contributed by atoms with Gasteiger partial charge in [-0.1, -0.05) is 12.1 Å². The number of sulfone groups is 1. The molecular weight excluding hydrogens is 483 g/mol. The molecule has 0 spiro atoms. The molecule has 3 heterocycles. The van der Waals surface area contributed by atoms with Crippen LogP contribution in [0.3, 0.4) is 0 Å². The molecule has 2 aromatic heterocycles. The van der Waals surface area contributed by atoms with Crippen LogP contribution >= 0.6 is 0 Å². The third-order valence-corrected chi connectivity index (χ3v) is 7.82. The average molecular weight is 510 g/mol. The van der Waals surface area contributed by atoms with E-state index in [1.165, 1.54) is 12.1 Å². The molecule has 8 nitrogen and oxygen atoms in total. The van der Waals surface area contributed by atoms with Crippen molar-refractivity contribution in [3.8, 4) is 0 Å². The van der Waals surface area contributed by atoms with Crippen molar-refractivity contribution >= 4 is 32.2 Å². The van der Waals surface area contributed by atoms with Crippen molar-refractivity contribution in [2.24, 2.45) is 0 Å². The molecule has 1 aliphatic heterocycles. The first-order valence-electron chi connectivity index (χ1n) is 11.1. The fourth-order valence-electron chi connectivity index (χ4n) is 4.05. The summed E-state index contributed by atoms with van der Waals surface area (Å²) in [5, 5.41) is 21.4. The lowest BCUT2D eigenvalue weighted by molar-refractivity contribution is -0.108. The minimum absolute atomic E-state index is 0.0244. The normalized spacial score (nSPS) is 17.9. The van der Waals surface area contributed by atoms with Crippen molar-refractivity contribution in [3.05, 3.63) is 53.1 Å². The number of fused-ring (bicyclic) bond motifs is 1. The molecule has 0 saturated carbocycles. The van der Waals surface area contributed by atoms with Crippen molar-refractivity contribution in [2.75, 3.05) is 34.8 Å². The lowest BCUT2D eigenvalue weighted by atomic mass is 9.97. The van der Waals surface area contributed by atoms with Gasteiger partial charge in [0.1, 0.15) is 11.9 Å². The van der Waals surface area contributed by atoms with Crippen LogP contribution in [-0.4, -0.2) is 59.4 Å². The molecule has 35 heavy (non-hydrogen) atoms. The third-order valence-electron chi connectivity index (χ3n) is 6.21. The van der Waals surface area contributed by atoms with Gasteiger partial charge in [0.2, 0.25) is 0 Å². The molecule has 0 bridgehead atoms. The van der Waals surface area contributed by atoms with Gasteiger partial charge in [-0.15, -0.1) is 5.10 Å². The second-order valence-electron chi connectivity index (χ2n) is 8.74. The summed E-state index contributed by atoms with van der Waals surface area (Å²) in [6, 6.07) is 4.69. The molecule has 3 aromatic rings. The Kier molecular flexibility index (Phi) is 6.62. The second-order valence-corrected chi connectivity index (χ2v) is 11.0. The first-order valence-corrected chi connectivity index (χ1v) is 12.9. The standard InChI is InChI=1S/C23H26F3N5O3S/c1-13(17-5-4-6-19(20(17)24)23(25,26)15(3)32)28-22-18-11-16(12-27-21(18)14(2)29-30-22)31-7-9-35(33,34)10-8-31/h4-6,11-13,15,32H,7-10H2,1-3H3,(H,28,30)/t13-,15?/m1/s1. The lowest BCUT2D eigenvalue weighted by Gasteiger charge is -2.28. The van der Waals surface area contributed by atoms with E-state index in [-0.39, 0.29) is 22.9 Å². The monoisotopic (exact) mass is 509 g/mol. The van der Waals surface area contributed by atoms with E-state index in [0.29, 0.717) is 35.4 Å². The predicted molar refractivity (Wildman–Crippen MR) is 127 cm³/mol. The summed E-state index contributed by atoms with van der Waals surface area (Å²) in [5.74, 6) is -4.49.